The van der Waals surface area contributed by atoms with Crippen molar-refractivity contribution in [3.05, 3.63) is 54.1 Å². The number of ketones is 1. The van der Waals surface area contributed by atoms with E-state index >= 15 is 0 Å². The van der Waals surface area contributed by atoms with Gasteiger partial charge >= 0.3 is 5.97 Å². The second-order valence-corrected chi connectivity index (χ2v) is 6.87. The Bertz CT molecular complexity index is 1150. The highest BCUT2D eigenvalue weighted by molar-refractivity contribution is 6.04. The number of fused-ring (bicyclic) bond motifs is 1. The summed E-state index contributed by atoms with van der Waals surface area (Å²) in [5, 5.41) is 13.8. The molecule has 0 bridgehead atoms. The van der Waals surface area contributed by atoms with Gasteiger partial charge in [0.15, 0.2) is 12.0 Å². The molecule has 3 N–H and O–H groups in total. The molecule has 0 aliphatic heterocycles. The van der Waals surface area contributed by atoms with Gasteiger partial charge in [-0.05, 0) is 43.3 Å². The Hall–Kier alpha value is -3.94. The van der Waals surface area contributed by atoms with E-state index in [1.165, 1.54) is 11.5 Å². The summed E-state index contributed by atoms with van der Waals surface area (Å²) in [7, 11) is 0. The molecular formula is C23H24N3O5+. The number of carbonyl (C=O) groups excluding carboxylic acids is 3. The minimum absolute atomic E-state index is 0.00215. The second kappa shape index (κ2) is 9.71. The van der Waals surface area contributed by atoms with E-state index in [0.29, 0.717) is 27.8 Å². The number of H-pyrrole nitrogens is 1. The molecule has 31 heavy (non-hydrogen) atoms. The molecule has 0 aliphatic rings. The maximum Gasteiger partial charge on any atom is 0.372 e. The molecular weight excluding hydrogens is 398 g/mol. The summed E-state index contributed by atoms with van der Waals surface area (Å²) in [6.45, 7) is 3.19. The summed E-state index contributed by atoms with van der Waals surface area (Å²) in [6.07, 6.45) is 1.56. The number of carbonyl (C=O) groups is 3. The highest BCUT2D eigenvalue weighted by Crippen LogP contribution is 2.34. The van der Waals surface area contributed by atoms with Gasteiger partial charge < -0.3 is 20.1 Å². The summed E-state index contributed by atoms with van der Waals surface area (Å²) in [5.41, 5.74) is 2.17. The average Bonchev–Trinajstić information content (AvgIpc) is 3.07. The van der Waals surface area contributed by atoms with Crippen LogP contribution in [0.1, 0.15) is 30.6 Å². The lowest BCUT2D eigenvalue weighted by Gasteiger charge is -2.05. The molecule has 0 radical (unpaired) electrons. The molecule has 0 spiro atoms. The smallest absolute Gasteiger partial charge is 0.372 e. The lowest BCUT2D eigenvalue weighted by Crippen LogP contribution is -2.21. The molecule has 160 valence electrons. The summed E-state index contributed by atoms with van der Waals surface area (Å²) in [4.78, 5) is 38.8. The molecule has 0 aliphatic carbocycles. The number of esters is 1. The van der Waals surface area contributed by atoms with Gasteiger partial charge in [-0.25, -0.2) is 4.79 Å². The van der Waals surface area contributed by atoms with Crippen LogP contribution in [0.15, 0.2) is 48.5 Å². The number of aromatic amines is 1. The number of amides is 1. The van der Waals surface area contributed by atoms with Crippen molar-refractivity contribution >= 4 is 46.2 Å². The van der Waals surface area contributed by atoms with Crippen molar-refractivity contribution in [2.45, 2.75) is 20.3 Å². The number of aromatic nitrogens is 1. The van der Waals surface area contributed by atoms with Gasteiger partial charge in [-0.3, -0.25) is 9.59 Å². The zero-order valence-electron chi connectivity index (χ0n) is 17.3. The largest absolute Gasteiger partial charge is 0.490 e. The first-order valence-electron chi connectivity index (χ1n) is 9.85. The SMILES string of the molecule is CCOC(=O)C[N+](=CCC(=O)c1ccc(NC(C)=O)cc1)c1c(O)[nH]c2ccccc12. The lowest BCUT2D eigenvalue weighted by atomic mass is 10.1. The van der Waals surface area contributed by atoms with Crippen LogP contribution in [0, 0.1) is 0 Å². The van der Waals surface area contributed by atoms with Crippen molar-refractivity contribution in [3.63, 3.8) is 0 Å². The number of Topliss-reactive ketones (excluding diaryl/α,β-unsaturated/α-hetero) is 1. The van der Waals surface area contributed by atoms with E-state index in [0.717, 1.165) is 0 Å². The fourth-order valence-corrected chi connectivity index (χ4v) is 3.24. The van der Waals surface area contributed by atoms with Gasteiger partial charge in [0, 0.05) is 18.2 Å². The highest BCUT2D eigenvalue weighted by atomic mass is 16.5. The molecule has 2 aromatic carbocycles. The summed E-state index contributed by atoms with van der Waals surface area (Å²) >= 11 is 0. The van der Waals surface area contributed by atoms with Gasteiger partial charge in [0.2, 0.25) is 12.5 Å². The fourth-order valence-electron chi connectivity index (χ4n) is 3.24. The Morgan fingerprint density at radius 2 is 1.84 bits per heavy atom. The predicted molar refractivity (Wildman–Crippen MR) is 117 cm³/mol. The van der Waals surface area contributed by atoms with E-state index in [4.69, 9.17) is 4.74 Å². The van der Waals surface area contributed by atoms with Gasteiger partial charge in [-0.2, -0.15) is 4.58 Å². The number of rotatable bonds is 8. The zero-order valence-corrected chi connectivity index (χ0v) is 17.3. The number of nitrogens with zero attached hydrogens (tertiary/aromatic N) is 1. The Morgan fingerprint density at radius 3 is 2.52 bits per heavy atom. The molecule has 0 saturated heterocycles. The third-order valence-electron chi connectivity index (χ3n) is 4.58. The van der Waals surface area contributed by atoms with E-state index in [1.807, 2.05) is 24.3 Å². The Kier molecular flexibility index (Phi) is 6.81. The third kappa shape index (κ3) is 5.36. The van der Waals surface area contributed by atoms with E-state index in [1.54, 1.807) is 37.4 Å². The first kappa shape index (κ1) is 21.8. The van der Waals surface area contributed by atoms with Gasteiger partial charge in [0.05, 0.1) is 23.9 Å². The number of ether oxygens (including phenoxy) is 1. The molecule has 1 amide bonds. The molecule has 8 heteroatoms. The highest BCUT2D eigenvalue weighted by Gasteiger charge is 2.25. The second-order valence-electron chi connectivity index (χ2n) is 6.87. The van der Waals surface area contributed by atoms with Crippen molar-refractivity contribution in [1.29, 1.82) is 0 Å². The van der Waals surface area contributed by atoms with Crippen molar-refractivity contribution < 1.29 is 28.8 Å². The monoisotopic (exact) mass is 422 g/mol. The van der Waals surface area contributed by atoms with Gasteiger partial charge in [0.1, 0.15) is 0 Å². The van der Waals surface area contributed by atoms with E-state index in [9.17, 15) is 19.5 Å². The Labute approximate surface area is 179 Å². The molecule has 3 rings (SSSR count). The number of hydrogen-bond donors (Lipinski definition) is 3. The standard InChI is InChI=1S/C23H23N3O5/c1-3-31-21(29)14-26(22-18-6-4-5-7-19(18)25-23(22)30)13-12-20(28)16-8-10-17(11-9-16)24-15(2)27/h4-11,13,25H,3,12,14H2,1-2H3,(H-,24,27,28,30)/p+1. The number of para-hydroxylation sites is 1. The van der Waals surface area contributed by atoms with Crippen molar-refractivity contribution in [1.82, 2.24) is 4.98 Å². The Morgan fingerprint density at radius 1 is 1.13 bits per heavy atom. The van der Waals surface area contributed by atoms with Crippen LogP contribution in [0.4, 0.5) is 11.4 Å². The first-order chi connectivity index (χ1) is 14.9. The number of hydrogen-bond acceptors (Lipinski definition) is 5. The van der Waals surface area contributed by atoms with Crippen molar-refractivity contribution in [2.24, 2.45) is 0 Å². The van der Waals surface area contributed by atoms with Gasteiger partial charge in [-0.1, -0.05) is 12.1 Å². The maximum atomic E-state index is 12.7. The predicted octanol–water partition coefficient (Wildman–Crippen LogP) is 3.38. The number of nitrogens with one attached hydrogen (secondary N) is 2. The van der Waals surface area contributed by atoms with Crippen molar-refractivity contribution in [2.75, 3.05) is 18.5 Å². The molecule has 1 aromatic heterocycles. The van der Waals surface area contributed by atoms with Crippen LogP contribution in [0.5, 0.6) is 5.88 Å². The first-order valence-corrected chi connectivity index (χ1v) is 9.85. The van der Waals surface area contributed by atoms with E-state index < -0.39 is 5.97 Å². The number of benzene rings is 2. The van der Waals surface area contributed by atoms with Crippen LogP contribution in [-0.2, 0) is 14.3 Å². The quantitative estimate of drug-likeness (QED) is 0.223. The Balaban J connectivity index is 1.88. The molecule has 3 aromatic rings. The van der Waals surface area contributed by atoms with Gasteiger partial charge in [0.25, 0.3) is 11.6 Å². The molecule has 0 saturated carbocycles. The van der Waals surface area contributed by atoms with E-state index in [-0.39, 0.29) is 37.1 Å². The zero-order chi connectivity index (χ0) is 22.4. The molecule has 1 heterocycles. The van der Waals surface area contributed by atoms with Crippen LogP contribution in [0.3, 0.4) is 0 Å². The van der Waals surface area contributed by atoms with Crippen LogP contribution in [0.25, 0.3) is 10.9 Å². The van der Waals surface area contributed by atoms with Gasteiger partial charge in [-0.15, -0.1) is 0 Å². The number of aromatic hydroxyl groups is 1. The molecule has 8 nitrogen and oxygen atoms in total. The molecule has 0 fully saturated rings. The molecule has 0 unspecified atom stereocenters. The van der Waals surface area contributed by atoms with Crippen LogP contribution >= 0.6 is 0 Å². The summed E-state index contributed by atoms with van der Waals surface area (Å²) < 4.78 is 6.57. The number of anilines is 1. The van der Waals surface area contributed by atoms with E-state index in [2.05, 4.69) is 10.3 Å². The minimum atomic E-state index is -0.476. The normalized spacial score (nSPS) is 11.4. The minimum Gasteiger partial charge on any atom is -0.490 e. The molecule has 0 atom stereocenters. The van der Waals surface area contributed by atoms with Crippen molar-refractivity contribution in [3.8, 4) is 5.88 Å². The topological polar surface area (TPSA) is 112 Å². The van der Waals surface area contributed by atoms with Crippen LogP contribution in [0.2, 0.25) is 0 Å². The van der Waals surface area contributed by atoms with Crippen LogP contribution in [-0.4, -0.2) is 51.7 Å². The summed E-state index contributed by atoms with van der Waals surface area (Å²) in [6, 6.07) is 13.8. The third-order valence-corrected chi connectivity index (χ3v) is 4.58. The lowest BCUT2D eigenvalue weighted by molar-refractivity contribution is -0.426. The maximum absolute atomic E-state index is 12.7. The average molecular weight is 422 g/mol. The van der Waals surface area contributed by atoms with Crippen LogP contribution < -0.4 is 5.32 Å². The summed E-state index contributed by atoms with van der Waals surface area (Å²) in [5.74, 6) is -0.951. The fraction of sp³-hybridized carbons (Fsp3) is 0.217.